The van der Waals surface area contributed by atoms with Gasteiger partial charge in [-0.15, -0.1) is 0 Å². The van der Waals surface area contributed by atoms with Crippen LogP contribution in [-0.2, 0) is 11.2 Å². The van der Waals surface area contributed by atoms with Crippen LogP contribution in [0, 0.1) is 18.6 Å². The predicted molar refractivity (Wildman–Crippen MR) is 106 cm³/mol. The molecule has 0 aliphatic heterocycles. The number of hydrogen-bond donors (Lipinski definition) is 1. The van der Waals surface area contributed by atoms with Crippen molar-refractivity contribution in [2.24, 2.45) is 0 Å². The highest BCUT2D eigenvalue weighted by atomic mass is 35.5. The van der Waals surface area contributed by atoms with Gasteiger partial charge in [-0.3, -0.25) is 4.79 Å². The number of carbonyl (C=O) groups is 1. The van der Waals surface area contributed by atoms with Gasteiger partial charge in [0.1, 0.15) is 11.6 Å². The molecule has 0 fully saturated rings. The van der Waals surface area contributed by atoms with Gasteiger partial charge < -0.3 is 9.84 Å². The number of nitrogens with zero attached hydrogens (tertiary/aromatic N) is 2. The molecule has 0 bridgehead atoms. The Morgan fingerprint density at radius 3 is 2.66 bits per heavy atom. The van der Waals surface area contributed by atoms with Gasteiger partial charge in [0.15, 0.2) is 0 Å². The molecule has 29 heavy (non-hydrogen) atoms. The Morgan fingerprint density at radius 2 is 1.93 bits per heavy atom. The molecule has 9 heteroatoms. The number of amides is 1. The van der Waals surface area contributed by atoms with E-state index in [1.54, 1.807) is 26.0 Å². The Bertz CT molecular complexity index is 1060. The zero-order valence-electron chi connectivity index (χ0n) is 15.6. The maximum absolute atomic E-state index is 13.7. The summed E-state index contributed by atoms with van der Waals surface area (Å²) in [6.45, 7) is 3.33. The third-order valence-corrected chi connectivity index (χ3v) is 4.95. The minimum absolute atomic E-state index is 0.0826. The smallest absolute Gasteiger partial charge is 0.227 e. The number of aromatic nitrogens is 2. The van der Waals surface area contributed by atoms with Gasteiger partial charge in [-0.1, -0.05) is 28.4 Å². The van der Waals surface area contributed by atoms with Crippen molar-refractivity contribution in [1.29, 1.82) is 0 Å². The number of carbonyl (C=O) groups excluding carboxylic acids is 1. The molecular weight excluding hydrogens is 423 g/mol. The van der Waals surface area contributed by atoms with Gasteiger partial charge in [0.25, 0.3) is 0 Å². The molecule has 5 nitrogen and oxygen atoms in total. The van der Waals surface area contributed by atoms with Crippen molar-refractivity contribution in [3.63, 3.8) is 0 Å². The molecular formula is C20H17Cl2F2N3O2. The average Bonchev–Trinajstić information content (AvgIpc) is 3.14. The van der Waals surface area contributed by atoms with Crippen molar-refractivity contribution in [3.05, 3.63) is 69.0 Å². The Morgan fingerprint density at radius 1 is 1.17 bits per heavy atom. The molecule has 1 heterocycles. The molecule has 152 valence electrons. The minimum atomic E-state index is -0.610. The fraction of sp³-hybridized carbons (Fsp3) is 0.250. The summed E-state index contributed by atoms with van der Waals surface area (Å²) in [4.78, 5) is 16.4. The molecule has 1 N–H and O–H groups in total. The molecule has 0 saturated carbocycles. The lowest BCUT2D eigenvalue weighted by atomic mass is 10.1. The van der Waals surface area contributed by atoms with Crippen molar-refractivity contribution in [2.45, 2.75) is 32.7 Å². The van der Waals surface area contributed by atoms with Gasteiger partial charge in [0, 0.05) is 23.4 Å². The average molecular weight is 440 g/mol. The zero-order valence-corrected chi connectivity index (χ0v) is 17.1. The lowest BCUT2D eigenvalue weighted by molar-refractivity contribution is -0.121. The molecule has 3 rings (SSSR count). The molecule has 1 aromatic heterocycles. The molecule has 1 unspecified atom stereocenters. The maximum atomic E-state index is 13.7. The summed E-state index contributed by atoms with van der Waals surface area (Å²) in [5, 5.41) is 6.78. The molecule has 0 saturated heterocycles. The number of rotatable bonds is 6. The summed E-state index contributed by atoms with van der Waals surface area (Å²) in [6.07, 6.45) is 0.302. The van der Waals surface area contributed by atoms with E-state index in [1.165, 1.54) is 18.2 Å². The van der Waals surface area contributed by atoms with Crippen LogP contribution in [0.2, 0.25) is 10.0 Å². The summed E-state index contributed by atoms with van der Waals surface area (Å²) in [6, 6.07) is 6.49. The second-order valence-corrected chi connectivity index (χ2v) is 7.37. The summed E-state index contributed by atoms with van der Waals surface area (Å²) >= 11 is 11.8. The molecule has 0 aliphatic carbocycles. The van der Waals surface area contributed by atoms with Crippen LogP contribution < -0.4 is 5.32 Å². The van der Waals surface area contributed by atoms with Crippen molar-refractivity contribution in [1.82, 2.24) is 15.5 Å². The minimum Gasteiger partial charge on any atom is -0.350 e. The molecule has 2 aromatic carbocycles. The van der Waals surface area contributed by atoms with Gasteiger partial charge in [0.05, 0.1) is 11.1 Å². The second kappa shape index (κ2) is 8.88. The highest BCUT2D eigenvalue weighted by Gasteiger charge is 2.17. The highest BCUT2D eigenvalue weighted by Crippen LogP contribution is 2.28. The van der Waals surface area contributed by atoms with E-state index in [4.69, 9.17) is 27.7 Å². The summed E-state index contributed by atoms with van der Waals surface area (Å²) < 4.78 is 32.2. The lowest BCUT2D eigenvalue weighted by Gasteiger charge is -2.16. The van der Waals surface area contributed by atoms with Crippen molar-refractivity contribution in [2.75, 3.05) is 0 Å². The van der Waals surface area contributed by atoms with E-state index in [0.717, 1.165) is 0 Å². The number of aryl methyl sites for hydroxylation is 2. The van der Waals surface area contributed by atoms with Crippen LogP contribution in [0.1, 0.15) is 36.4 Å². The van der Waals surface area contributed by atoms with E-state index in [2.05, 4.69) is 15.5 Å². The normalized spacial score (nSPS) is 12.1. The van der Waals surface area contributed by atoms with Gasteiger partial charge in [-0.2, -0.15) is 4.98 Å². The molecule has 0 aliphatic rings. The Hall–Kier alpha value is -2.51. The number of hydrogen-bond acceptors (Lipinski definition) is 4. The van der Waals surface area contributed by atoms with E-state index < -0.39 is 11.9 Å². The lowest BCUT2D eigenvalue weighted by Crippen LogP contribution is -2.27. The summed E-state index contributed by atoms with van der Waals surface area (Å²) in [5.74, 6) is -0.618. The van der Waals surface area contributed by atoms with Crippen molar-refractivity contribution < 1.29 is 18.1 Å². The van der Waals surface area contributed by atoms with E-state index in [-0.39, 0.29) is 40.5 Å². The van der Waals surface area contributed by atoms with Crippen molar-refractivity contribution >= 4 is 29.1 Å². The quantitative estimate of drug-likeness (QED) is 0.519. The topological polar surface area (TPSA) is 68.0 Å². The van der Waals surface area contributed by atoms with Gasteiger partial charge in [-0.25, -0.2) is 8.78 Å². The fourth-order valence-electron chi connectivity index (χ4n) is 2.74. The van der Waals surface area contributed by atoms with Gasteiger partial charge >= 0.3 is 0 Å². The van der Waals surface area contributed by atoms with Crippen LogP contribution in [-0.4, -0.2) is 16.0 Å². The first-order valence-electron chi connectivity index (χ1n) is 8.77. The standard InChI is InChI=1S/C20H17Cl2F2N3O2/c1-10-7-12(3-4-16(10)23)20-26-19(29-27-20)6-5-18(28)25-11(2)13-8-17(24)15(22)9-14(13)21/h3-4,7-9,11H,5-6H2,1-2H3,(H,25,28). The highest BCUT2D eigenvalue weighted by molar-refractivity contribution is 6.35. The molecule has 0 spiro atoms. The largest absolute Gasteiger partial charge is 0.350 e. The zero-order chi connectivity index (χ0) is 21.1. The van der Waals surface area contributed by atoms with Crippen LogP contribution in [0.4, 0.5) is 8.78 Å². The second-order valence-electron chi connectivity index (χ2n) is 6.55. The van der Waals surface area contributed by atoms with E-state index >= 15 is 0 Å². The first kappa shape index (κ1) is 21.2. The van der Waals surface area contributed by atoms with Crippen molar-refractivity contribution in [3.8, 4) is 11.4 Å². The van der Waals surface area contributed by atoms with E-state index in [1.807, 2.05) is 0 Å². The van der Waals surface area contributed by atoms with E-state index in [9.17, 15) is 13.6 Å². The fourth-order valence-corrected chi connectivity index (χ4v) is 3.29. The molecule has 0 radical (unpaired) electrons. The molecule has 1 amide bonds. The number of nitrogens with one attached hydrogen (secondary N) is 1. The Labute approximate surface area is 176 Å². The predicted octanol–water partition coefficient (Wildman–Crippen LogP) is 5.44. The van der Waals surface area contributed by atoms with Crippen LogP contribution in [0.3, 0.4) is 0 Å². The first-order valence-corrected chi connectivity index (χ1v) is 9.53. The van der Waals surface area contributed by atoms with Crippen LogP contribution >= 0.6 is 23.2 Å². The third-order valence-electron chi connectivity index (χ3n) is 4.33. The van der Waals surface area contributed by atoms with Crippen LogP contribution in [0.5, 0.6) is 0 Å². The van der Waals surface area contributed by atoms with Crippen LogP contribution in [0.25, 0.3) is 11.4 Å². The first-order chi connectivity index (χ1) is 13.7. The summed E-state index contributed by atoms with van der Waals surface area (Å²) in [7, 11) is 0. The number of halogens is 4. The SMILES string of the molecule is Cc1cc(-c2noc(CCC(=O)NC(C)c3cc(F)c(Cl)cc3Cl)n2)ccc1F. The van der Waals surface area contributed by atoms with Gasteiger partial charge in [-0.05, 0) is 55.3 Å². The van der Waals surface area contributed by atoms with Crippen LogP contribution in [0.15, 0.2) is 34.9 Å². The maximum Gasteiger partial charge on any atom is 0.227 e. The molecule has 1 atom stereocenters. The molecule has 3 aromatic rings. The monoisotopic (exact) mass is 439 g/mol. The van der Waals surface area contributed by atoms with Gasteiger partial charge in [0.2, 0.25) is 17.6 Å². The Balaban J connectivity index is 1.59. The van der Waals surface area contributed by atoms with E-state index in [0.29, 0.717) is 22.5 Å². The summed E-state index contributed by atoms with van der Waals surface area (Å²) in [5.41, 5.74) is 1.52. The Kier molecular flexibility index (Phi) is 6.49. The number of benzene rings is 2. The third kappa shape index (κ3) is 5.10.